The van der Waals surface area contributed by atoms with Crippen molar-refractivity contribution in [2.24, 2.45) is 0 Å². The zero-order valence-electron chi connectivity index (χ0n) is 15.7. The van der Waals surface area contributed by atoms with E-state index in [4.69, 9.17) is 18.4 Å². The molecule has 0 spiro atoms. The van der Waals surface area contributed by atoms with Gasteiger partial charge in [-0.25, -0.2) is 9.78 Å². The quantitative estimate of drug-likeness (QED) is 0.360. The van der Waals surface area contributed by atoms with Gasteiger partial charge in [0.15, 0.2) is 12.4 Å². The average Bonchev–Trinajstić information content (AvgIpc) is 3.41. The number of furan rings is 1. The Morgan fingerprint density at radius 1 is 1.10 bits per heavy atom. The number of carbonyl (C=O) groups is 2. The van der Waals surface area contributed by atoms with Crippen LogP contribution in [0.25, 0.3) is 22.6 Å². The molecule has 0 saturated carbocycles. The fourth-order valence-corrected chi connectivity index (χ4v) is 2.97. The lowest BCUT2D eigenvalue weighted by molar-refractivity contribution is 0.0476. The number of aromatic nitrogens is 2. The maximum atomic E-state index is 12.8. The number of hydrogen-bond donors (Lipinski definition) is 0. The van der Waals surface area contributed by atoms with Gasteiger partial charge in [-0.1, -0.05) is 17.3 Å². The smallest absolute Gasteiger partial charge is 0.339 e. The van der Waals surface area contributed by atoms with E-state index in [9.17, 15) is 9.59 Å². The molecule has 146 valence electrons. The van der Waals surface area contributed by atoms with Gasteiger partial charge in [-0.15, -0.1) is 0 Å². The zero-order chi connectivity index (χ0) is 20.4. The fourth-order valence-electron chi connectivity index (χ4n) is 2.97. The van der Waals surface area contributed by atoms with Crippen molar-refractivity contribution in [2.45, 2.75) is 6.92 Å². The Morgan fingerprint density at radius 3 is 2.69 bits per heavy atom. The molecule has 0 aliphatic rings. The molecule has 0 N–H and O–H groups in total. The van der Waals surface area contributed by atoms with Gasteiger partial charge in [0.05, 0.1) is 35.6 Å². The van der Waals surface area contributed by atoms with E-state index in [2.05, 4.69) is 10.1 Å². The molecular weight excluding hydrogens is 376 g/mol. The van der Waals surface area contributed by atoms with Gasteiger partial charge in [0.2, 0.25) is 5.78 Å². The topological polar surface area (TPSA) is 105 Å². The minimum Gasteiger partial charge on any atom is -0.496 e. The van der Waals surface area contributed by atoms with E-state index in [1.807, 2.05) is 0 Å². The summed E-state index contributed by atoms with van der Waals surface area (Å²) in [6.07, 6.45) is 1.50. The fraction of sp³-hybridized carbons (Fsp3) is 0.143. The first kappa shape index (κ1) is 18.4. The van der Waals surface area contributed by atoms with Crippen molar-refractivity contribution in [3.8, 4) is 17.2 Å². The number of carbonyl (C=O) groups excluding carboxylic acids is 2. The summed E-state index contributed by atoms with van der Waals surface area (Å²) < 4.78 is 21.0. The van der Waals surface area contributed by atoms with Crippen molar-refractivity contribution in [3.63, 3.8) is 0 Å². The number of methoxy groups -OCH3 is 1. The van der Waals surface area contributed by atoms with E-state index in [0.29, 0.717) is 33.8 Å². The van der Waals surface area contributed by atoms with Gasteiger partial charge in [-0.05, 0) is 37.3 Å². The van der Waals surface area contributed by atoms with E-state index in [1.54, 1.807) is 43.3 Å². The van der Waals surface area contributed by atoms with Gasteiger partial charge in [0, 0.05) is 0 Å². The molecule has 1 aromatic carbocycles. The molecular formula is C21H16N2O6. The highest BCUT2D eigenvalue weighted by molar-refractivity contribution is 6.06. The van der Waals surface area contributed by atoms with E-state index >= 15 is 0 Å². The Morgan fingerprint density at radius 2 is 1.93 bits per heavy atom. The highest BCUT2D eigenvalue weighted by Crippen LogP contribution is 2.28. The second-order valence-corrected chi connectivity index (χ2v) is 6.18. The third-order valence-electron chi connectivity index (χ3n) is 4.35. The number of para-hydroxylation sites is 1. The molecule has 0 bridgehead atoms. The maximum Gasteiger partial charge on any atom is 0.339 e. The number of fused-ring (bicyclic) bond motifs is 1. The van der Waals surface area contributed by atoms with Crippen LogP contribution < -0.4 is 4.74 Å². The monoisotopic (exact) mass is 392 g/mol. The van der Waals surface area contributed by atoms with E-state index in [-0.39, 0.29) is 17.1 Å². The lowest BCUT2D eigenvalue weighted by atomic mass is 10.1. The first-order valence-electron chi connectivity index (χ1n) is 8.72. The Balaban J connectivity index is 1.63. The standard InChI is InChI=1S/C21H16N2O6/c1-12-19-14(10-15(18-8-5-9-27-18)22-20(19)29-23-12)21(25)28-11-16(24)13-6-3-4-7-17(13)26-2/h3-10H,11H2,1-2H3. The molecule has 0 aliphatic carbocycles. The van der Waals surface area contributed by atoms with E-state index < -0.39 is 12.6 Å². The van der Waals surface area contributed by atoms with Gasteiger partial charge >= 0.3 is 5.97 Å². The maximum absolute atomic E-state index is 12.8. The summed E-state index contributed by atoms with van der Waals surface area (Å²) in [5.74, 6) is -0.205. The lowest BCUT2D eigenvalue weighted by Crippen LogP contribution is -2.15. The Kier molecular flexibility index (Phi) is 4.82. The molecule has 8 heteroatoms. The number of ketones is 1. The number of benzene rings is 1. The second kappa shape index (κ2) is 7.59. The highest BCUT2D eigenvalue weighted by atomic mass is 16.5. The summed E-state index contributed by atoms with van der Waals surface area (Å²) in [4.78, 5) is 29.6. The largest absolute Gasteiger partial charge is 0.496 e. The number of hydrogen-bond acceptors (Lipinski definition) is 8. The van der Waals surface area contributed by atoms with Crippen molar-refractivity contribution in [1.82, 2.24) is 10.1 Å². The summed E-state index contributed by atoms with van der Waals surface area (Å²) in [5.41, 5.74) is 1.58. The van der Waals surface area contributed by atoms with Crippen LogP contribution in [-0.2, 0) is 4.74 Å². The number of ether oxygens (including phenoxy) is 2. The molecule has 0 unspecified atom stereocenters. The number of nitrogens with zero attached hydrogens (tertiary/aromatic N) is 2. The molecule has 0 radical (unpaired) electrons. The van der Waals surface area contributed by atoms with Crippen LogP contribution in [0, 0.1) is 6.92 Å². The van der Waals surface area contributed by atoms with E-state index in [1.165, 1.54) is 19.4 Å². The zero-order valence-corrected chi connectivity index (χ0v) is 15.7. The van der Waals surface area contributed by atoms with Crippen LogP contribution in [0.1, 0.15) is 26.4 Å². The average molecular weight is 392 g/mol. The van der Waals surface area contributed by atoms with Gasteiger partial charge in [-0.2, -0.15) is 0 Å². The molecule has 3 heterocycles. The number of aryl methyl sites for hydroxylation is 1. The second-order valence-electron chi connectivity index (χ2n) is 6.18. The van der Waals surface area contributed by atoms with Crippen LogP contribution in [0.3, 0.4) is 0 Å². The van der Waals surface area contributed by atoms with Crippen molar-refractivity contribution < 1.29 is 28.0 Å². The Labute approximate surface area is 165 Å². The predicted molar refractivity (Wildman–Crippen MR) is 102 cm³/mol. The van der Waals surface area contributed by atoms with Crippen LogP contribution in [0.4, 0.5) is 0 Å². The molecule has 4 aromatic rings. The molecule has 8 nitrogen and oxygen atoms in total. The van der Waals surface area contributed by atoms with Crippen molar-refractivity contribution in [3.05, 3.63) is 65.5 Å². The SMILES string of the molecule is COc1ccccc1C(=O)COC(=O)c1cc(-c2ccco2)nc2onc(C)c12. The Hall–Kier alpha value is -3.94. The first-order chi connectivity index (χ1) is 14.1. The summed E-state index contributed by atoms with van der Waals surface area (Å²) in [5, 5.41) is 4.29. The summed E-state index contributed by atoms with van der Waals surface area (Å²) in [7, 11) is 1.47. The number of Topliss-reactive ketones (excluding diaryl/α,β-unsaturated/α-hetero) is 1. The van der Waals surface area contributed by atoms with Crippen LogP contribution >= 0.6 is 0 Å². The van der Waals surface area contributed by atoms with Gasteiger partial charge < -0.3 is 18.4 Å². The third-order valence-corrected chi connectivity index (χ3v) is 4.35. The predicted octanol–water partition coefficient (Wildman–Crippen LogP) is 3.84. The number of rotatable bonds is 6. The molecule has 4 rings (SSSR count). The molecule has 29 heavy (non-hydrogen) atoms. The van der Waals surface area contributed by atoms with Crippen molar-refractivity contribution in [1.29, 1.82) is 0 Å². The Bertz CT molecular complexity index is 1190. The van der Waals surface area contributed by atoms with Crippen LogP contribution in [0.5, 0.6) is 5.75 Å². The molecule has 3 aromatic heterocycles. The minimum atomic E-state index is -0.695. The molecule has 0 aliphatic heterocycles. The van der Waals surface area contributed by atoms with Gasteiger partial charge in [-0.3, -0.25) is 4.79 Å². The van der Waals surface area contributed by atoms with Crippen LogP contribution in [0.2, 0.25) is 0 Å². The van der Waals surface area contributed by atoms with Gasteiger partial charge in [0.1, 0.15) is 11.4 Å². The van der Waals surface area contributed by atoms with E-state index in [0.717, 1.165) is 0 Å². The summed E-state index contributed by atoms with van der Waals surface area (Å²) in [6, 6.07) is 11.7. The normalized spacial score (nSPS) is 10.8. The minimum absolute atomic E-state index is 0.180. The van der Waals surface area contributed by atoms with Crippen LogP contribution in [0.15, 0.2) is 57.7 Å². The molecule has 0 amide bonds. The lowest BCUT2D eigenvalue weighted by Gasteiger charge is -2.09. The number of esters is 1. The highest BCUT2D eigenvalue weighted by Gasteiger charge is 2.22. The molecule has 0 atom stereocenters. The first-order valence-corrected chi connectivity index (χ1v) is 8.72. The third kappa shape index (κ3) is 3.47. The van der Waals surface area contributed by atoms with Crippen molar-refractivity contribution in [2.75, 3.05) is 13.7 Å². The van der Waals surface area contributed by atoms with Gasteiger partial charge in [0.25, 0.3) is 5.71 Å². The van der Waals surface area contributed by atoms with Crippen LogP contribution in [-0.4, -0.2) is 35.6 Å². The van der Waals surface area contributed by atoms with Crippen molar-refractivity contribution >= 4 is 22.9 Å². The summed E-state index contributed by atoms with van der Waals surface area (Å²) in [6.45, 7) is 1.25. The molecule has 0 saturated heterocycles. The number of pyridine rings is 1. The molecule has 0 fully saturated rings. The summed E-state index contributed by atoms with van der Waals surface area (Å²) >= 11 is 0.